The lowest BCUT2D eigenvalue weighted by Crippen LogP contribution is -2.09. The molecule has 1 radical (unpaired) electrons. The molecule has 19 heavy (non-hydrogen) atoms. The van der Waals surface area contributed by atoms with E-state index in [-0.39, 0.29) is 0 Å². The number of aromatic amines is 1. The van der Waals surface area contributed by atoms with Crippen LogP contribution in [0, 0.1) is 0 Å². The maximum absolute atomic E-state index is 10.1. The summed E-state index contributed by atoms with van der Waals surface area (Å²) in [4.78, 5) is 13.5. The highest BCUT2D eigenvalue weighted by atomic mass is 16.1. The summed E-state index contributed by atoms with van der Waals surface area (Å²) in [6.45, 7) is 0.510. The van der Waals surface area contributed by atoms with Gasteiger partial charge in [-0.25, -0.2) is 0 Å². The molecule has 2 aromatic carbocycles. The summed E-state index contributed by atoms with van der Waals surface area (Å²) < 4.78 is 0. The molecule has 0 aliphatic heterocycles. The minimum Gasteiger partial charge on any atom is -0.355 e. The van der Waals surface area contributed by atoms with Crippen molar-refractivity contribution in [1.29, 1.82) is 0 Å². The lowest BCUT2D eigenvalue weighted by molar-refractivity contribution is 0.542. The number of carbonyl (C=O) groups excluding carboxylic acids is 1. The predicted molar refractivity (Wildman–Crippen MR) is 76.3 cm³/mol. The largest absolute Gasteiger partial charge is 0.355 e. The summed E-state index contributed by atoms with van der Waals surface area (Å²) in [5.41, 5.74) is 4.43. The number of hydrogen-bond donors (Lipinski definition) is 2. The summed E-state index contributed by atoms with van der Waals surface area (Å²) >= 11 is 0. The van der Waals surface area contributed by atoms with Crippen LogP contribution in [0.1, 0.15) is 5.56 Å². The fraction of sp³-hybridized carbons (Fsp3) is 0.0625. The molecule has 3 nitrogen and oxygen atoms in total. The fourth-order valence-corrected chi connectivity index (χ4v) is 2.17. The number of aromatic nitrogens is 1. The topological polar surface area (TPSA) is 44.9 Å². The first kappa shape index (κ1) is 11.5. The van der Waals surface area contributed by atoms with Gasteiger partial charge >= 0.3 is 6.41 Å². The number of amides is 1. The van der Waals surface area contributed by atoms with E-state index >= 15 is 0 Å². The molecule has 0 unspecified atom stereocenters. The molecular formula is C16H13N2O. The third kappa shape index (κ3) is 2.36. The van der Waals surface area contributed by atoms with Crippen molar-refractivity contribution in [2.24, 2.45) is 0 Å². The second kappa shape index (κ2) is 4.98. The van der Waals surface area contributed by atoms with Gasteiger partial charge in [-0.15, -0.1) is 0 Å². The average Bonchev–Trinajstić information content (AvgIpc) is 2.89. The van der Waals surface area contributed by atoms with E-state index in [9.17, 15) is 4.79 Å². The molecule has 0 bridgehead atoms. The summed E-state index contributed by atoms with van der Waals surface area (Å²) in [6.07, 6.45) is 1.67. The smallest absolute Gasteiger partial charge is 0.309 e. The first-order valence-electron chi connectivity index (χ1n) is 6.14. The lowest BCUT2D eigenvalue weighted by Gasteiger charge is -2.01. The van der Waals surface area contributed by atoms with Crippen LogP contribution in [0.5, 0.6) is 0 Å². The predicted octanol–water partition coefficient (Wildman–Crippen LogP) is 2.99. The van der Waals surface area contributed by atoms with Crippen molar-refractivity contribution in [3.63, 3.8) is 0 Å². The van der Waals surface area contributed by atoms with Crippen LogP contribution in [0.25, 0.3) is 22.2 Å². The van der Waals surface area contributed by atoms with Gasteiger partial charge in [0.15, 0.2) is 0 Å². The molecule has 0 aliphatic rings. The van der Waals surface area contributed by atoms with Gasteiger partial charge in [0, 0.05) is 23.1 Å². The number of benzene rings is 2. The molecule has 93 valence electrons. The molecule has 3 rings (SSSR count). The van der Waals surface area contributed by atoms with Crippen molar-refractivity contribution in [3.8, 4) is 11.3 Å². The zero-order valence-corrected chi connectivity index (χ0v) is 10.3. The van der Waals surface area contributed by atoms with Crippen molar-refractivity contribution in [2.75, 3.05) is 0 Å². The van der Waals surface area contributed by atoms with E-state index in [0.29, 0.717) is 6.54 Å². The van der Waals surface area contributed by atoms with Crippen LogP contribution in [0.2, 0.25) is 0 Å². The van der Waals surface area contributed by atoms with Gasteiger partial charge in [0.2, 0.25) is 0 Å². The van der Waals surface area contributed by atoms with E-state index in [4.69, 9.17) is 0 Å². The van der Waals surface area contributed by atoms with Crippen LogP contribution in [-0.2, 0) is 11.3 Å². The highest BCUT2D eigenvalue weighted by Crippen LogP contribution is 2.24. The Morgan fingerprint density at radius 2 is 1.84 bits per heavy atom. The number of H-pyrrole nitrogens is 1. The van der Waals surface area contributed by atoms with Gasteiger partial charge in [-0.3, -0.25) is 4.79 Å². The van der Waals surface area contributed by atoms with Crippen LogP contribution >= 0.6 is 0 Å². The molecule has 3 heteroatoms. The van der Waals surface area contributed by atoms with E-state index in [1.54, 1.807) is 6.41 Å². The van der Waals surface area contributed by atoms with Gasteiger partial charge in [0.25, 0.3) is 0 Å². The number of hydrogen-bond acceptors (Lipinski definition) is 1. The Labute approximate surface area is 111 Å². The van der Waals surface area contributed by atoms with Crippen LogP contribution in [0.4, 0.5) is 0 Å². The Morgan fingerprint density at radius 1 is 1.05 bits per heavy atom. The molecule has 0 spiro atoms. The summed E-state index contributed by atoms with van der Waals surface area (Å²) in [5, 5.41) is 3.74. The standard InChI is InChI=1S/C16H13N2O/c19-11-17-10-12-5-7-13(8-6-12)16-9-14-3-1-2-4-15(14)18-16/h1-9,18H,10H2,(H,17,19). The zero-order valence-electron chi connectivity index (χ0n) is 10.3. The van der Waals surface area contributed by atoms with E-state index in [1.165, 1.54) is 5.39 Å². The summed E-state index contributed by atoms with van der Waals surface area (Å²) in [5.74, 6) is 0. The quantitative estimate of drug-likeness (QED) is 0.686. The molecule has 0 saturated carbocycles. The maximum atomic E-state index is 10.1. The molecule has 0 atom stereocenters. The number of nitrogens with one attached hydrogen (secondary N) is 2. The van der Waals surface area contributed by atoms with E-state index in [1.807, 2.05) is 36.4 Å². The molecule has 0 saturated heterocycles. The third-order valence-electron chi connectivity index (χ3n) is 3.16. The average molecular weight is 249 g/mol. The van der Waals surface area contributed by atoms with Gasteiger partial charge < -0.3 is 10.3 Å². The molecule has 2 N–H and O–H groups in total. The Morgan fingerprint density at radius 3 is 2.58 bits per heavy atom. The van der Waals surface area contributed by atoms with Crippen molar-refractivity contribution < 1.29 is 4.79 Å². The van der Waals surface area contributed by atoms with Gasteiger partial charge in [-0.05, 0) is 23.3 Å². The third-order valence-corrected chi connectivity index (χ3v) is 3.16. The van der Waals surface area contributed by atoms with Crippen molar-refractivity contribution in [2.45, 2.75) is 6.54 Å². The molecule has 1 aromatic heterocycles. The minimum atomic E-state index is 0.510. The van der Waals surface area contributed by atoms with E-state index in [2.05, 4.69) is 28.5 Å². The first-order chi connectivity index (χ1) is 9.36. The van der Waals surface area contributed by atoms with E-state index in [0.717, 1.165) is 22.3 Å². The second-order valence-electron chi connectivity index (χ2n) is 4.42. The molecular weight excluding hydrogens is 236 g/mol. The van der Waals surface area contributed by atoms with Crippen molar-refractivity contribution >= 4 is 17.3 Å². The molecule has 0 aliphatic carbocycles. The van der Waals surface area contributed by atoms with Crippen molar-refractivity contribution in [3.05, 3.63) is 60.2 Å². The highest BCUT2D eigenvalue weighted by molar-refractivity contribution is 5.85. The molecule has 3 aromatic rings. The first-order valence-corrected chi connectivity index (χ1v) is 6.14. The van der Waals surface area contributed by atoms with Crippen LogP contribution < -0.4 is 5.32 Å². The minimum absolute atomic E-state index is 0.510. The Kier molecular flexibility index (Phi) is 3.02. The number of para-hydroxylation sites is 1. The highest BCUT2D eigenvalue weighted by Gasteiger charge is 2.02. The second-order valence-corrected chi connectivity index (χ2v) is 4.42. The normalized spacial score (nSPS) is 10.5. The number of rotatable bonds is 4. The fourth-order valence-electron chi connectivity index (χ4n) is 2.17. The van der Waals surface area contributed by atoms with Crippen LogP contribution in [-0.4, -0.2) is 11.4 Å². The van der Waals surface area contributed by atoms with Gasteiger partial charge in [0.1, 0.15) is 0 Å². The Hall–Kier alpha value is -2.55. The number of fused-ring (bicyclic) bond motifs is 1. The molecule has 1 amide bonds. The summed E-state index contributed by atoms with van der Waals surface area (Å²) in [7, 11) is 0. The molecule has 1 heterocycles. The van der Waals surface area contributed by atoms with Gasteiger partial charge in [-0.2, -0.15) is 0 Å². The molecule has 0 fully saturated rings. The van der Waals surface area contributed by atoms with Crippen molar-refractivity contribution in [1.82, 2.24) is 10.3 Å². The van der Waals surface area contributed by atoms with Crippen LogP contribution in [0.15, 0.2) is 54.6 Å². The monoisotopic (exact) mass is 249 g/mol. The van der Waals surface area contributed by atoms with E-state index < -0.39 is 0 Å². The van der Waals surface area contributed by atoms with Gasteiger partial charge in [-0.1, -0.05) is 42.5 Å². The van der Waals surface area contributed by atoms with Crippen LogP contribution in [0.3, 0.4) is 0 Å². The lowest BCUT2D eigenvalue weighted by atomic mass is 10.1. The SMILES string of the molecule is O=[C]NCc1ccc(-c2cc3ccccc3[nH]2)cc1. The van der Waals surface area contributed by atoms with Gasteiger partial charge in [0.05, 0.1) is 0 Å². The Bertz CT molecular complexity index is 665. The Balaban J connectivity index is 1.90. The summed E-state index contributed by atoms with van der Waals surface area (Å²) in [6, 6.07) is 18.5. The zero-order chi connectivity index (χ0) is 13.1. The maximum Gasteiger partial charge on any atom is 0.309 e.